The second-order valence-electron chi connectivity index (χ2n) is 7.19. The number of pyridine rings is 1. The van der Waals surface area contributed by atoms with Gasteiger partial charge in [-0.1, -0.05) is 23.4 Å². The van der Waals surface area contributed by atoms with Gasteiger partial charge < -0.3 is 14.2 Å². The molecule has 160 valence electrons. The number of halogens is 3. The topological polar surface area (TPSA) is 50.9 Å². The monoisotopic (exact) mass is 435 g/mol. The first-order chi connectivity index (χ1) is 15.6. The molecule has 0 aliphatic carbocycles. The van der Waals surface area contributed by atoms with E-state index in [1.165, 1.54) is 24.5 Å². The number of benzene rings is 2. The maximum Gasteiger partial charge on any atom is 0.227 e. The molecule has 2 aromatic carbocycles. The molecule has 0 spiro atoms. The van der Waals surface area contributed by atoms with Gasteiger partial charge in [-0.3, -0.25) is 4.98 Å². The summed E-state index contributed by atoms with van der Waals surface area (Å²) in [6, 6.07) is 14.7. The molecule has 1 aliphatic rings. The number of amidine groups is 1. The molecule has 5 rings (SSSR count). The summed E-state index contributed by atoms with van der Waals surface area (Å²) < 4.78 is 47.8. The highest BCUT2D eigenvalue weighted by atomic mass is 19.1. The van der Waals surface area contributed by atoms with Crippen LogP contribution in [0.25, 0.3) is 11.1 Å². The van der Waals surface area contributed by atoms with Crippen molar-refractivity contribution in [1.29, 1.82) is 0 Å². The normalized spacial score (nSPS) is 15.5. The van der Waals surface area contributed by atoms with Gasteiger partial charge in [0.15, 0.2) is 5.76 Å². The van der Waals surface area contributed by atoms with Crippen molar-refractivity contribution in [1.82, 2.24) is 9.88 Å². The minimum absolute atomic E-state index is 0.167. The average molecular weight is 435 g/mol. The third-order valence-corrected chi connectivity index (χ3v) is 5.11. The first-order valence-corrected chi connectivity index (χ1v) is 9.78. The molecule has 1 aliphatic heterocycles. The zero-order valence-corrected chi connectivity index (χ0v) is 16.6. The van der Waals surface area contributed by atoms with Crippen LogP contribution in [0.4, 0.5) is 13.2 Å². The van der Waals surface area contributed by atoms with E-state index in [4.69, 9.17) is 9.25 Å². The molecule has 0 N–H and O–H groups in total. The first kappa shape index (κ1) is 19.9. The number of hydrogen-bond donors (Lipinski definition) is 0. The third-order valence-electron chi connectivity index (χ3n) is 5.11. The van der Waals surface area contributed by atoms with Gasteiger partial charge in [0.1, 0.15) is 17.5 Å². The lowest BCUT2D eigenvalue weighted by Crippen LogP contribution is -2.31. The van der Waals surface area contributed by atoms with E-state index in [2.05, 4.69) is 10.1 Å². The second-order valence-corrected chi connectivity index (χ2v) is 7.19. The van der Waals surface area contributed by atoms with E-state index in [0.717, 1.165) is 6.07 Å². The summed E-state index contributed by atoms with van der Waals surface area (Å²) in [5.74, 6) is -1.08. The van der Waals surface area contributed by atoms with E-state index < -0.39 is 17.9 Å². The molecule has 0 saturated heterocycles. The highest BCUT2D eigenvalue weighted by Crippen LogP contribution is 2.35. The van der Waals surface area contributed by atoms with E-state index >= 15 is 0 Å². The summed E-state index contributed by atoms with van der Waals surface area (Å²) in [5, 5.41) is 4.10. The Morgan fingerprint density at radius 2 is 1.72 bits per heavy atom. The molecule has 1 atom stereocenters. The largest absolute Gasteiger partial charge is 0.461 e. The van der Waals surface area contributed by atoms with Crippen molar-refractivity contribution in [3.8, 4) is 11.1 Å². The van der Waals surface area contributed by atoms with Crippen LogP contribution in [0.3, 0.4) is 0 Å². The minimum atomic E-state index is -0.922. The van der Waals surface area contributed by atoms with Crippen LogP contribution in [0.5, 0.6) is 0 Å². The van der Waals surface area contributed by atoms with Gasteiger partial charge in [-0.15, -0.1) is 0 Å². The van der Waals surface area contributed by atoms with Crippen LogP contribution < -0.4 is 0 Å². The summed E-state index contributed by atoms with van der Waals surface area (Å²) in [7, 11) is 0. The summed E-state index contributed by atoms with van der Waals surface area (Å²) in [5.41, 5.74) is 1.95. The number of aromatic nitrogens is 1. The molecule has 0 saturated carbocycles. The number of rotatable bonds is 5. The van der Waals surface area contributed by atoms with Gasteiger partial charge in [0.25, 0.3) is 0 Å². The van der Waals surface area contributed by atoms with Gasteiger partial charge >= 0.3 is 0 Å². The van der Waals surface area contributed by atoms with Gasteiger partial charge in [-0.05, 0) is 47.5 Å². The molecular weight excluding hydrogens is 419 g/mol. The van der Waals surface area contributed by atoms with Crippen LogP contribution in [0.1, 0.15) is 23.1 Å². The standard InChI is InChI=1S/C24H16F3N3O2/c25-17-10-15(11-18(26)12-17)24-30(23(29-32-24)22-6-3-9-31-22)14-16-13-28-8-7-19(16)20-4-1-2-5-21(20)27/h1-13,24H,14H2. The summed E-state index contributed by atoms with van der Waals surface area (Å²) in [4.78, 5) is 11.4. The average Bonchev–Trinajstić information content (AvgIpc) is 3.44. The molecular formula is C24H16F3N3O2. The Hall–Kier alpha value is -4.07. The van der Waals surface area contributed by atoms with E-state index in [1.807, 2.05) is 0 Å². The van der Waals surface area contributed by atoms with Crippen molar-refractivity contribution in [2.24, 2.45) is 5.16 Å². The van der Waals surface area contributed by atoms with Crippen LogP contribution in [-0.2, 0) is 11.4 Å². The van der Waals surface area contributed by atoms with Gasteiger partial charge in [0.05, 0.1) is 12.8 Å². The van der Waals surface area contributed by atoms with Crippen LogP contribution in [0, 0.1) is 17.5 Å². The lowest BCUT2D eigenvalue weighted by molar-refractivity contribution is 0.00534. The van der Waals surface area contributed by atoms with Crippen LogP contribution in [0.15, 0.2) is 88.9 Å². The molecule has 2 aromatic heterocycles. The van der Waals surface area contributed by atoms with Crippen molar-refractivity contribution in [2.75, 3.05) is 0 Å². The molecule has 0 amide bonds. The molecule has 32 heavy (non-hydrogen) atoms. The van der Waals surface area contributed by atoms with Crippen molar-refractivity contribution in [3.05, 3.63) is 114 Å². The Morgan fingerprint density at radius 1 is 0.906 bits per heavy atom. The van der Waals surface area contributed by atoms with Crippen molar-refractivity contribution >= 4 is 5.84 Å². The Kier molecular flexibility index (Phi) is 5.10. The minimum Gasteiger partial charge on any atom is -0.461 e. The number of nitrogens with zero attached hydrogens (tertiary/aromatic N) is 3. The van der Waals surface area contributed by atoms with E-state index in [1.54, 1.807) is 53.7 Å². The van der Waals surface area contributed by atoms with E-state index in [9.17, 15) is 13.2 Å². The van der Waals surface area contributed by atoms with Crippen LogP contribution in [0.2, 0.25) is 0 Å². The third kappa shape index (κ3) is 3.71. The molecule has 5 nitrogen and oxygen atoms in total. The fraction of sp³-hybridized carbons (Fsp3) is 0.0833. The van der Waals surface area contributed by atoms with E-state index in [-0.39, 0.29) is 17.9 Å². The molecule has 4 aromatic rings. The fourth-order valence-electron chi connectivity index (χ4n) is 3.71. The van der Waals surface area contributed by atoms with Gasteiger partial charge in [0, 0.05) is 29.6 Å². The predicted molar refractivity (Wildman–Crippen MR) is 111 cm³/mol. The molecule has 8 heteroatoms. The Bertz CT molecular complexity index is 1270. The van der Waals surface area contributed by atoms with Crippen LogP contribution >= 0.6 is 0 Å². The summed E-state index contributed by atoms with van der Waals surface area (Å²) in [6.45, 7) is 0.167. The van der Waals surface area contributed by atoms with Crippen molar-refractivity contribution in [2.45, 2.75) is 12.8 Å². The van der Waals surface area contributed by atoms with Gasteiger partial charge in [-0.2, -0.15) is 0 Å². The van der Waals surface area contributed by atoms with E-state index in [0.29, 0.717) is 28.3 Å². The maximum atomic E-state index is 14.5. The Balaban J connectivity index is 1.57. The zero-order chi connectivity index (χ0) is 22.1. The number of oxime groups is 1. The fourth-order valence-corrected chi connectivity index (χ4v) is 3.71. The molecule has 0 radical (unpaired) electrons. The van der Waals surface area contributed by atoms with Gasteiger partial charge in [-0.25, -0.2) is 13.2 Å². The van der Waals surface area contributed by atoms with Crippen LogP contribution in [-0.4, -0.2) is 15.7 Å². The lowest BCUT2D eigenvalue weighted by Gasteiger charge is -2.26. The van der Waals surface area contributed by atoms with Crippen molar-refractivity contribution < 1.29 is 22.4 Å². The Labute approximate surface area is 181 Å². The number of furan rings is 1. The highest BCUT2D eigenvalue weighted by molar-refractivity contribution is 5.96. The quantitative estimate of drug-likeness (QED) is 0.406. The number of hydrogen-bond acceptors (Lipinski definition) is 5. The SMILES string of the molecule is Fc1cc(F)cc(C2ON=C(c3ccco3)N2Cc2cnccc2-c2ccccc2F)c1. The Morgan fingerprint density at radius 3 is 2.47 bits per heavy atom. The molecule has 0 bridgehead atoms. The zero-order valence-electron chi connectivity index (χ0n) is 16.6. The van der Waals surface area contributed by atoms with Crippen molar-refractivity contribution in [3.63, 3.8) is 0 Å². The first-order valence-electron chi connectivity index (χ1n) is 9.78. The maximum absolute atomic E-state index is 14.5. The predicted octanol–water partition coefficient (Wildman–Crippen LogP) is 5.65. The second kappa shape index (κ2) is 8.22. The molecule has 0 fully saturated rings. The molecule has 3 heterocycles. The smallest absolute Gasteiger partial charge is 0.227 e. The summed E-state index contributed by atoms with van der Waals surface area (Å²) >= 11 is 0. The lowest BCUT2D eigenvalue weighted by atomic mass is 10.0. The summed E-state index contributed by atoms with van der Waals surface area (Å²) in [6.07, 6.45) is 3.75. The highest BCUT2D eigenvalue weighted by Gasteiger charge is 2.35. The van der Waals surface area contributed by atoms with Gasteiger partial charge in [0.2, 0.25) is 12.1 Å². The molecule has 1 unspecified atom stereocenters.